The highest BCUT2D eigenvalue weighted by Crippen LogP contribution is 2.31. The van der Waals surface area contributed by atoms with Crippen molar-refractivity contribution in [3.05, 3.63) is 29.3 Å². The minimum Gasteiger partial charge on any atom is -0.337 e. The van der Waals surface area contributed by atoms with Crippen LogP contribution in [-0.4, -0.2) is 116 Å². The second-order valence-electron chi connectivity index (χ2n) is 11.6. The van der Waals surface area contributed by atoms with Crippen LogP contribution in [0, 0.1) is 0 Å². The van der Waals surface area contributed by atoms with Crippen LogP contribution < -0.4 is 10.0 Å². The molecule has 5 rings (SSSR count). The van der Waals surface area contributed by atoms with Crippen molar-refractivity contribution >= 4 is 60.9 Å². The van der Waals surface area contributed by atoms with Crippen molar-refractivity contribution in [2.75, 3.05) is 52.4 Å². The molecule has 230 valence electrons. The molecule has 0 saturated carbocycles. The zero-order chi connectivity index (χ0) is 30.0. The van der Waals surface area contributed by atoms with E-state index in [1.165, 1.54) is 4.90 Å². The number of benzene rings is 1. The van der Waals surface area contributed by atoms with Gasteiger partial charge in [0.1, 0.15) is 10.3 Å². The molecule has 3 saturated heterocycles. The fourth-order valence-corrected chi connectivity index (χ4v) is 8.75. The third-order valence-electron chi connectivity index (χ3n) is 8.11. The van der Waals surface area contributed by atoms with Gasteiger partial charge in [0.25, 0.3) is 10.0 Å². The van der Waals surface area contributed by atoms with E-state index in [1.807, 2.05) is 23.6 Å². The van der Waals surface area contributed by atoms with Gasteiger partial charge in [0.2, 0.25) is 11.8 Å². The van der Waals surface area contributed by atoms with Crippen LogP contribution >= 0.6 is 22.9 Å². The summed E-state index contributed by atoms with van der Waals surface area (Å²) >= 11 is 7.18. The molecule has 3 fully saturated rings. The van der Waals surface area contributed by atoms with Crippen molar-refractivity contribution in [1.82, 2.24) is 29.6 Å². The van der Waals surface area contributed by atoms with Gasteiger partial charge >= 0.3 is 6.03 Å². The summed E-state index contributed by atoms with van der Waals surface area (Å²) in [4.78, 5) is 46.5. The predicted octanol–water partition coefficient (Wildman–Crippen LogP) is 2.55. The summed E-state index contributed by atoms with van der Waals surface area (Å²) in [6.07, 6.45) is 2.79. The lowest BCUT2D eigenvalue weighted by Crippen LogP contribution is -2.56. The lowest BCUT2D eigenvalue weighted by atomic mass is 10.1. The molecule has 1 aromatic carbocycles. The number of piperidine rings is 1. The Morgan fingerprint density at radius 3 is 2.52 bits per heavy atom. The van der Waals surface area contributed by atoms with Gasteiger partial charge in [-0.25, -0.2) is 13.2 Å². The second kappa shape index (κ2) is 13.0. The molecule has 4 amide bonds. The van der Waals surface area contributed by atoms with Crippen molar-refractivity contribution < 1.29 is 22.8 Å². The molecule has 14 heteroatoms. The summed E-state index contributed by atoms with van der Waals surface area (Å²) in [5.74, 6) is -0.473. The Hall–Kier alpha value is -2.45. The van der Waals surface area contributed by atoms with Crippen LogP contribution in [-0.2, 0) is 19.6 Å². The topological polar surface area (TPSA) is 122 Å². The van der Waals surface area contributed by atoms with Gasteiger partial charge < -0.3 is 20.0 Å². The first-order chi connectivity index (χ1) is 20.0. The Labute approximate surface area is 256 Å². The molecule has 0 aliphatic carbocycles. The Morgan fingerprint density at radius 1 is 1.05 bits per heavy atom. The number of hydrogen-bond acceptors (Lipinski definition) is 7. The standard InChI is InChI=1S/C28H39ClN6O5S2/c1-19(2)30-28(38)33-13-11-32(12-14-33)17-22-5-3-10-35(22)25(36)18-34-9-4-6-23(27(34)37)31-42(39,40)26-16-20-15-21(29)7-8-24(20)41-26/h7-8,15-16,19,22-23,31H,3-6,9-14,17-18H2,1-2H3,(H,30,38)/t22-,23-/m0/s1. The molecule has 2 N–H and O–H groups in total. The number of rotatable bonds is 8. The number of hydrogen-bond donors (Lipinski definition) is 2. The number of fused-ring (bicyclic) bond motifs is 1. The number of urea groups is 1. The van der Waals surface area contributed by atoms with Crippen molar-refractivity contribution in [3.8, 4) is 0 Å². The van der Waals surface area contributed by atoms with Crippen molar-refractivity contribution in [2.24, 2.45) is 0 Å². The van der Waals surface area contributed by atoms with E-state index in [2.05, 4.69) is 14.9 Å². The first kappa shape index (κ1) is 31.0. The zero-order valence-corrected chi connectivity index (χ0v) is 26.4. The number of carbonyl (C=O) groups is 3. The first-order valence-electron chi connectivity index (χ1n) is 14.6. The van der Waals surface area contributed by atoms with Gasteiger partial charge in [-0.15, -0.1) is 11.3 Å². The minimum atomic E-state index is -3.93. The maximum atomic E-state index is 13.4. The summed E-state index contributed by atoms with van der Waals surface area (Å²) in [6.45, 7) is 8.44. The van der Waals surface area contributed by atoms with Gasteiger partial charge in [-0.3, -0.25) is 14.5 Å². The van der Waals surface area contributed by atoms with Crippen LogP contribution in [0.25, 0.3) is 10.1 Å². The first-order valence-corrected chi connectivity index (χ1v) is 17.3. The Morgan fingerprint density at radius 2 is 1.79 bits per heavy atom. The number of carbonyl (C=O) groups excluding carboxylic acids is 3. The normalized spacial score (nSPS) is 22.4. The third kappa shape index (κ3) is 7.19. The molecule has 2 aromatic rings. The van der Waals surface area contributed by atoms with E-state index in [-0.39, 0.29) is 40.7 Å². The summed E-state index contributed by atoms with van der Waals surface area (Å²) in [7, 11) is -3.93. The summed E-state index contributed by atoms with van der Waals surface area (Å²) in [6, 6.07) is 5.97. The van der Waals surface area contributed by atoms with Gasteiger partial charge in [-0.2, -0.15) is 4.72 Å². The highest BCUT2D eigenvalue weighted by Gasteiger charge is 2.37. The molecule has 0 unspecified atom stereocenters. The van der Waals surface area contributed by atoms with E-state index in [0.29, 0.717) is 44.0 Å². The highest BCUT2D eigenvalue weighted by molar-refractivity contribution is 7.91. The molecule has 3 aliphatic heterocycles. The molecule has 4 heterocycles. The van der Waals surface area contributed by atoms with E-state index in [4.69, 9.17) is 11.6 Å². The summed E-state index contributed by atoms with van der Waals surface area (Å²) in [5, 5.41) is 4.19. The lowest BCUT2D eigenvalue weighted by Gasteiger charge is -2.38. The molecule has 11 nitrogen and oxygen atoms in total. The molecule has 42 heavy (non-hydrogen) atoms. The van der Waals surface area contributed by atoms with Crippen LogP contribution in [0.1, 0.15) is 39.5 Å². The number of amides is 4. The number of thiophene rings is 1. The average Bonchev–Trinajstić information content (AvgIpc) is 3.58. The Balaban J connectivity index is 1.15. The predicted molar refractivity (Wildman–Crippen MR) is 163 cm³/mol. The van der Waals surface area contributed by atoms with E-state index in [9.17, 15) is 22.8 Å². The Bertz CT molecular complexity index is 1430. The SMILES string of the molecule is CC(C)NC(=O)N1CCN(C[C@@H]2CCCN2C(=O)CN2CCC[C@H](NS(=O)(=O)c3cc4cc(Cl)ccc4s3)C2=O)CC1. The smallest absolute Gasteiger partial charge is 0.317 e. The fourth-order valence-electron chi connectivity index (χ4n) is 5.95. The summed E-state index contributed by atoms with van der Waals surface area (Å²) in [5.41, 5.74) is 0. The molecule has 1 aromatic heterocycles. The van der Waals surface area contributed by atoms with Crippen LogP contribution in [0.15, 0.2) is 28.5 Å². The number of nitrogens with zero attached hydrogens (tertiary/aromatic N) is 4. The van der Waals surface area contributed by atoms with Crippen molar-refractivity contribution in [1.29, 1.82) is 0 Å². The zero-order valence-electron chi connectivity index (χ0n) is 24.1. The van der Waals surface area contributed by atoms with E-state index < -0.39 is 16.1 Å². The van der Waals surface area contributed by atoms with Gasteiger partial charge in [0.05, 0.1) is 6.54 Å². The highest BCUT2D eigenvalue weighted by atomic mass is 35.5. The van der Waals surface area contributed by atoms with Gasteiger partial charge in [-0.1, -0.05) is 11.6 Å². The van der Waals surface area contributed by atoms with Crippen LogP contribution in [0.3, 0.4) is 0 Å². The van der Waals surface area contributed by atoms with E-state index in [1.54, 1.807) is 24.3 Å². The van der Waals surface area contributed by atoms with Gasteiger partial charge in [0.15, 0.2) is 0 Å². The average molecular weight is 639 g/mol. The molecule has 0 bridgehead atoms. The van der Waals surface area contributed by atoms with Crippen LogP contribution in [0.4, 0.5) is 4.79 Å². The second-order valence-corrected chi connectivity index (χ2v) is 15.1. The minimum absolute atomic E-state index is 0.0390. The molecule has 3 aliphatic rings. The largest absolute Gasteiger partial charge is 0.337 e. The maximum absolute atomic E-state index is 13.4. The van der Waals surface area contributed by atoms with Gasteiger partial charge in [-0.05, 0) is 69.2 Å². The molecule has 2 atom stereocenters. The monoisotopic (exact) mass is 638 g/mol. The molecular formula is C28H39ClN6O5S2. The number of piperazine rings is 1. The third-order valence-corrected chi connectivity index (χ3v) is 11.4. The number of halogens is 1. The fraction of sp³-hybridized carbons (Fsp3) is 0.607. The molecular weight excluding hydrogens is 600 g/mol. The van der Waals surface area contributed by atoms with Gasteiger partial charge in [0, 0.05) is 67.6 Å². The van der Waals surface area contributed by atoms with Crippen LogP contribution in [0.5, 0.6) is 0 Å². The lowest BCUT2D eigenvalue weighted by molar-refractivity contribution is -0.143. The Kier molecular flexibility index (Phi) is 9.63. The number of nitrogens with one attached hydrogen (secondary N) is 2. The molecule has 0 radical (unpaired) electrons. The molecule has 0 spiro atoms. The maximum Gasteiger partial charge on any atom is 0.317 e. The van der Waals surface area contributed by atoms with Crippen LogP contribution in [0.2, 0.25) is 5.02 Å². The summed E-state index contributed by atoms with van der Waals surface area (Å²) < 4.78 is 29.8. The van der Waals surface area contributed by atoms with Crippen molar-refractivity contribution in [3.63, 3.8) is 0 Å². The van der Waals surface area contributed by atoms with E-state index in [0.717, 1.165) is 53.9 Å². The van der Waals surface area contributed by atoms with E-state index >= 15 is 0 Å². The number of likely N-dealkylation sites (tertiary alicyclic amines) is 2. The van der Waals surface area contributed by atoms with Crippen molar-refractivity contribution in [2.45, 2.75) is 61.9 Å². The number of sulfonamides is 1. The quantitative estimate of drug-likeness (QED) is 0.458.